The predicted octanol–water partition coefficient (Wildman–Crippen LogP) is 1.12. The molecule has 0 spiro atoms. The minimum absolute atomic E-state index is 0.0437. The van der Waals surface area contributed by atoms with Gasteiger partial charge in [-0.1, -0.05) is 30.3 Å². The molecule has 1 saturated heterocycles. The molecule has 2 heterocycles. The highest BCUT2D eigenvalue weighted by Crippen LogP contribution is 2.29. The van der Waals surface area contributed by atoms with E-state index in [1.54, 1.807) is 0 Å². The lowest BCUT2D eigenvalue weighted by Gasteiger charge is -2.37. The van der Waals surface area contributed by atoms with Gasteiger partial charge < -0.3 is 9.64 Å². The van der Waals surface area contributed by atoms with E-state index >= 15 is 0 Å². The number of nitrogens with zero attached hydrogens (tertiary/aromatic N) is 5. The fourth-order valence-corrected chi connectivity index (χ4v) is 3.46. The van der Waals surface area contributed by atoms with Gasteiger partial charge in [0.05, 0.1) is 18.8 Å². The molecule has 0 radical (unpaired) electrons. The number of fused-ring (bicyclic) bond motifs is 1. The molecule has 7 nitrogen and oxygen atoms in total. The fourth-order valence-electron chi connectivity index (χ4n) is 3.46. The summed E-state index contributed by atoms with van der Waals surface area (Å²) in [6, 6.07) is 9.86. The molecule has 1 aliphatic carbocycles. The molecule has 2 fully saturated rings. The van der Waals surface area contributed by atoms with Crippen LogP contribution in [0.5, 0.6) is 0 Å². The Kier molecular flexibility index (Phi) is 3.78. The van der Waals surface area contributed by atoms with E-state index in [9.17, 15) is 4.79 Å². The van der Waals surface area contributed by atoms with Gasteiger partial charge in [0.15, 0.2) is 0 Å². The first-order valence-electron chi connectivity index (χ1n) is 8.05. The SMILES string of the molecule is O=C(Cn1nnc(-c2ccccc2)n1)N1CCO[C@@H]2CCC[C@H]21. The van der Waals surface area contributed by atoms with Crippen LogP contribution in [-0.4, -0.2) is 56.3 Å². The van der Waals surface area contributed by atoms with Crippen molar-refractivity contribution < 1.29 is 9.53 Å². The maximum Gasteiger partial charge on any atom is 0.246 e. The van der Waals surface area contributed by atoms with Crippen LogP contribution in [0.3, 0.4) is 0 Å². The Morgan fingerprint density at radius 1 is 1.26 bits per heavy atom. The Bertz CT molecular complexity index is 687. The molecule has 23 heavy (non-hydrogen) atoms. The minimum atomic E-state index is 0.0437. The van der Waals surface area contributed by atoms with Crippen molar-refractivity contribution in [3.05, 3.63) is 30.3 Å². The Morgan fingerprint density at radius 3 is 3.00 bits per heavy atom. The molecule has 1 saturated carbocycles. The van der Waals surface area contributed by atoms with Crippen molar-refractivity contribution in [1.29, 1.82) is 0 Å². The number of amides is 1. The number of rotatable bonds is 3. The largest absolute Gasteiger partial charge is 0.374 e. The van der Waals surface area contributed by atoms with Gasteiger partial charge in [0.1, 0.15) is 6.54 Å². The number of hydrogen-bond acceptors (Lipinski definition) is 5. The number of carbonyl (C=O) groups is 1. The lowest BCUT2D eigenvalue weighted by Crippen LogP contribution is -2.52. The second-order valence-corrected chi connectivity index (χ2v) is 6.00. The van der Waals surface area contributed by atoms with Gasteiger partial charge in [-0.25, -0.2) is 0 Å². The van der Waals surface area contributed by atoms with E-state index in [1.807, 2.05) is 35.2 Å². The molecule has 0 bridgehead atoms. The van der Waals surface area contributed by atoms with E-state index in [2.05, 4.69) is 15.4 Å². The molecule has 1 amide bonds. The third-order valence-corrected chi connectivity index (χ3v) is 4.56. The van der Waals surface area contributed by atoms with Crippen molar-refractivity contribution in [1.82, 2.24) is 25.1 Å². The minimum Gasteiger partial charge on any atom is -0.374 e. The molecular formula is C16H19N5O2. The molecule has 1 aliphatic heterocycles. The molecule has 0 unspecified atom stereocenters. The standard InChI is InChI=1S/C16H19N5O2/c22-15(20-9-10-23-14-8-4-7-13(14)20)11-21-18-16(17-19-21)12-5-2-1-3-6-12/h1-3,5-6,13-14H,4,7-11H2/t13-,14-/m1/s1. The van der Waals surface area contributed by atoms with Crippen LogP contribution in [0.4, 0.5) is 0 Å². The lowest BCUT2D eigenvalue weighted by molar-refractivity contribution is -0.145. The topological polar surface area (TPSA) is 73.1 Å². The summed E-state index contributed by atoms with van der Waals surface area (Å²) in [5.74, 6) is 0.585. The smallest absolute Gasteiger partial charge is 0.246 e. The zero-order valence-electron chi connectivity index (χ0n) is 12.8. The maximum absolute atomic E-state index is 12.6. The average molecular weight is 313 g/mol. The molecule has 2 atom stereocenters. The molecule has 7 heteroatoms. The molecule has 0 N–H and O–H groups in total. The molecule has 120 valence electrons. The van der Waals surface area contributed by atoms with Crippen LogP contribution in [-0.2, 0) is 16.1 Å². The number of aromatic nitrogens is 4. The molecule has 2 aliphatic rings. The fraction of sp³-hybridized carbons (Fsp3) is 0.500. The van der Waals surface area contributed by atoms with E-state index in [4.69, 9.17) is 4.74 Å². The first-order chi connectivity index (χ1) is 11.3. The summed E-state index contributed by atoms with van der Waals surface area (Å²) < 4.78 is 5.75. The maximum atomic E-state index is 12.6. The number of tetrazole rings is 1. The van der Waals surface area contributed by atoms with Gasteiger partial charge in [-0.15, -0.1) is 10.2 Å². The summed E-state index contributed by atoms with van der Waals surface area (Å²) in [5, 5.41) is 12.4. The van der Waals surface area contributed by atoms with Crippen LogP contribution >= 0.6 is 0 Å². The second kappa shape index (κ2) is 6.08. The number of morpholine rings is 1. The normalized spacial score (nSPS) is 23.7. The Labute approximate surface area is 134 Å². The third kappa shape index (κ3) is 2.84. The summed E-state index contributed by atoms with van der Waals surface area (Å²) >= 11 is 0. The Hall–Kier alpha value is -2.28. The summed E-state index contributed by atoms with van der Waals surface area (Å²) in [6.07, 6.45) is 3.40. The van der Waals surface area contributed by atoms with Gasteiger partial charge in [0, 0.05) is 12.1 Å². The van der Waals surface area contributed by atoms with Gasteiger partial charge >= 0.3 is 0 Å². The van der Waals surface area contributed by atoms with Crippen LogP contribution in [0, 0.1) is 0 Å². The Morgan fingerprint density at radius 2 is 2.13 bits per heavy atom. The van der Waals surface area contributed by atoms with E-state index in [-0.39, 0.29) is 24.6 Å². The zero-order valence-corrected chi connectivity index (χ0v) is 12.8. The van der Waals surface area contributed by atoms with Crippen molar-refractivity contribution in [2.45, 2.75) is 38.0 Å². The van der Waals surface area contributed by atoms with Crippen LogP contribution in [0.25, 0.3) is 11.4 Å². The van der Waals surface area contributed by atoms with E-state index in [0.717, 1.165) is 24.8 Å². The van der Waals surface area contributed by atoms with Crippen molar-refractivity contribution in [2.75, 3.05) is 13.2 Å². The molecule has 2 aromatic rings. The van der Waals surface area contributed by atoms with Crippen LogP contribution < -0.4 is 0 Å². The summed E-state index contributed by atoms with van der Waals surface area (Å²) in [6.45, 7) is 1.40. The van der Waals surface area contributed by atoms with Crippen LogP contribution in [0.2, 0.25) is 0 Å². The van der Waals surface area contributed by atoms with Gasteiger partial charge in [-0.05, 0) is 24.5 Å². The predicted molar refractivity (Wildman–Crippen MR) is 82.3 cm³/mol. The van der Waals surface area contributed by atoms with Gasteiger partial charge in [-0.2, -0.15) is 4.80 Å². The number of benzene rings is 1. The number of ether oxygens (including phenoxy) is 1. The zero-order chi connectivity index (χ0) is 15.6. The van der Waals surface area contributed by atoms with Gasteiger partial charge in [-0.3, -0.25) is 4.79 Å². The summed E-state index contributed by atoms with van der Waals surface area (Å²) in [7, 11) is 0. The highest BCUT2D eigenvalue weighted by Gasteiger charge is 2.38. The van der Waals surface area contributed by atoms with Gasteiger partial charge in [0.25, 0.3) is 0 Å². The first kappa shape index (κ1) is 14.3. The molecule has 1 aromatic heterocycles. The third-order valence-electron chi connectivity index (χ3n) is 4.56. The van der Waals surface area contributed by atoms with Crippen molar-refractivity contribution in [3.63, 3.8) is 0 Å². The van der Waals surface area contributed by atoms with E-state index in [1.165, 1.54) is 4.80 Å². The summed E-state index contributed by atoms with van der Waals surface area (Å²) in [4.78, 5) is 15.9. The van der Waals surface area contributed by atoms with E-state index in [0.29, 0.717) is 19.0 Å². The highest BCUT2D eigenvalue weighted by molar-refractivity contribution is 5.76. The molecule has 1 aromatic carbocycles. The van der Waals surface area contributed by atoms with Gasteiger partial charge in [0.2, 0.25) is 11.7 Å². The lowest BCUT2D eigenvalue weighted by atomic mass is 10.1. The number of hydrogen-bond donors (Lipinski definition) is 0. The van der Waals surface area contributed by atoms with Crippen molar-refractivity contribution in [3.8, 4) is 11.4 Å². The van der Waals surface area contributed by atoms with E-state index < -0.39 is 0 Å². The highest BCUT2D eigenvalue weighted by atomic mass is 16.5. The summed E-state index contributed by atoms with van der Waals surface area (Å²) in [5.41, 5.74) is 0.897. The quantitative estimate of drug-likeness (QED) is 0.849. The molecular weight excluding hydrogens is 294 g/mol. The number of carbonyl (C=O) groups excluding carboxylic acids is 1. The van der Waals surface area contributed by atoms with Crippen molar-refractivity contribution in [2.24, 2.45) is 0 Å². The van der Waals surface area contributed by atoms with Crippen LogP contribution in [0.1, 0.15) is 19.3 Å². The van der Waals surface area contributed by atoms with Crippen molar-refractivity contribution >= 4 is 5.91 Å². The average Bonchev–Trinajstić information content (AvgIpc) is 3.24. The van der Waals surface area contributed by atoms with Crippen LogP contribution in [0.15, 0.2) is 30.3 Å². The second-order valence-electron chi connectivity index (χ2n) is 6.00. The monoisotopic (exact) mass is 313 g/mol. The Balaban J connectivity index is 1.46. The first-order valence-corrected chi connectivity index (χ1v) is 8.05. The molecule has 4 rings (SSSR count).